The van der Waals surface area contributed by atoms with E-state index in [9.17, 15) is 19.2 Å². The zero-order chi connectivity index (χ0) is 38.6. The predicted molar refractivity (Wildman–Crippen MR) is 204 cm³/mol. The first-order chi connectivity index (χ1) is 24.0. The Bertz CT molecular complexity index is 1230. The number of benzene rings is 1. The first-order valence-corrected chi connectivity index (χ1v) is 19.1. The molecule has 9 unspecified atom stereocenters. The highest BCUT2D eigenvalue weighted by Gasteiger charge is 2.43. The summed E-state index contributed by atoms with van der Waals surface area (Å²) in [7, 11) is 8.81. The van der Waals surface area contributed by atoms with Crippen molar-refractivity contribution in [3.63, 3.8) is 0 Å². The number of hydrogen-bond donors (Lipinski definition) is 1. The molecule has 10 nitrogen and oxygen atoms in total. The van der Waals surface area contributed by atoms with Gasteiger partial charge in [0.05, 0.1) is 42.7 Å². The predicted octanol–water partition coefficient (Wildman–Crippen LogP) is 5.47. The number of rotatable bonds is 21. The number of carbonyl (C=O) groups is 4. The summed E-state index contributed by atoms with van der Waals surface area (Å²) in [5, 5.41) is 3.15. The van der Waals surface area contributed by atoms with Crippen molar-refractivity contribution >= 4 is 23.5 Å². The summed E-state index contributed by atoms with van der Waals surface area (Å²) < 4.78 is 12.0. The molecular formula is C41H70N4O6. The second-order valence-electron chi connectivity index (χ2n) is 15.9. The molecule has 0 aliphatic carbocycles. The topological polar surface area (TPSA) is 108 Å². The molecule has 0 aromatic heterocycles. The van der Waals surface area contributed by atoms with Gasteiger partial charge in [0.25, 0.3) is 0 Å². The smallest absolute Gasteiger partial charge is 0.226 e. The lowest BCUT2D eigenvalue weighted by molar-refractivity contribution is -0.149. The third kappa shape index (κ3) is 12.1. The Labute approximate surface area is 309 Å². The van der Waals surface area contributed by atoms with Crippen LogP contribution in [0.4, 0.5) is 0 Å². The van der Waals surface area contributed by atoms with Crippen LogP contribution in [0.25, 0.3) is 0 Å². The summed E-state index contributed by atoms with van der Waals surface area (Å²) in [4.78, 5) is 60.9. The van der Waals surface area contributed by atoms with E-state index in [0.717, 1.165) is 31.2 Å². The van der Waals surface area contributed by atoms with Gasteiger partial charge < -0.3 is 24.6 Å². The van der Waals surface area contributed by atoms with Gasteiger partial charge in [0, 0.05) is 46.2 Å². The van der Waals surface area contributed by atoms with Crippen molar-refractivity contribution in [2.75, 3.05) is 41.9 Å². The monoisotopic (exact) mass is 715 g/mol. The van der Waals surface area contributed by atoms with Crippen molar-refractivity contribution in [3.05, 3.63) is 35.9 Å². The van der Waals surface area contributed by atoms with Crippen LogP contribution in [0.1, 0.15) is 93.1 Å². The fraction of sp³-hybridized carbons (Fsp3) is 0.756. The van der Waals surface area contributed by atoms with Gasteiger partial charge in [0.2, 0.25) is 17.7 Å². The van der Waals surface area contributed by atoms with Crippen molar-refractivity contribution in [3.8, 4) is 0 Å². The number of ketones is 1. The van der Waals surface area contributed by atoms with E-state index in [2.05, 4.69) is 31.3 Å². The Morgan fingerprint density at radius 3 is 2.04 bits per heavy atom. The van der Waals surface area contributed by atoms with Crippen LogP contribution in [0.3, 0.4) is 0 Å². The fourth-order valence-corrected chi connectivity index (χ4v) is 8.16. The third-order valence-corrected chi connectivity index (χ3v) is 11.1. The Kier molecular flexibility index (Phi) is 18.3. The molecule has 1 aromatic carbocycles. The molecule has 1 aliphatic heterocycles. The molecule has 0 spiro atoms. The molecule has 3 amide bonds. The van der Waals surface area contributed by atoms with E-state index in [1.54, 1.807) is 26.2 Å². The average Bonchev–Trinajstić information content (AvgIpc) is 3.56. The highest BCUT2D eigenvalue weighted by molar-refractivity contribution is 5.90. The molecule has 2 rings (SSSR count). The van der Waals surface area contributed by atoms with Crippen molar-refractivity contribution in [2.24, 2.45) is 29.6 Å². The summed E-state index contributed by atoms with van der Waals surface area (Å²) in [6, 6.07) is 9.11. The first-order valence-electron chi connectivity index (χ1n) is 19.1. The van der Waals surface area contributed by atoms with Gasteiger partial charge in [-0.25, -0.2) is 0 Å². The number of hydrogen-bond acceptors (Lipinski definition) is 7. The molecule has 51 heavy (non-hydrogen) atoms. The molecule has 0 radical (unpaired) electrons. The largest absolute Gasteiger partial charge is 0.379 e. The van der Waals surface area contributed by atoms with E-state index in [1.807, 2.05) is 83.6 Å². The average molecular weight is 715 g/mol. The van der Waals surface area contributed by atoms with Crippen LogP contribution in [0.15, 0.2) is 30.3 Å². The lowest BCUT2D eigenvalue weighted by atomic mass is 9.83. The molecule has 0 saturated carbocycles. The van der Waals surface area contributed by atoms with Gasteiger partial charge in [-0.1, -0.05) is 85.2 Å². The number of carbonyl (C=O) groups excluding carboxylic acids is 4. The second-order valence-corrected chi connectivity index (χ2v) is 15.9. The summed E-state index contributed by atoms with van der Waals surface area (Å²) in [5.41, 5.74) is 1.15. The maximum Gasteiger partial charge on any atom is 0.226 e. The van der Waals surface area contributed by atoms with Crippen LogP contribution in [0.5, 0.6) is 0 Å². The van der Waals surface area contributed by atoms with Crippen molar-refractivity contribution < 1.29 is 28.7 Å². The molecular weight excluding hydrogens is 644 g/mol. The first kappa shape index (κ1) is 44.3. The number of methoxy groups -OCH3 is 2. The standard InChI is InChI=1S/C41H70N4O6/c1-14-28(6)38(44(11)41(49)32(26(2)3)24-34(46)37(27(4)5)43(9)10)35(50-12)25-36(47)45-22-18-21-33(45)39(51-13)30(8)40(48)42-29(7)23-31-19-16-15-17-20-31/h15-17,19-20,26-30,32-33,35,37-39H,14,18,21-25H2,1-13H3,(H,42,48). The highest BCUT2D eigenvalue weighted by Crippen LogP contribution is 2.31. The van der Waals surface area contributed by atoms with Crippen molar-refractivity contribution in [1.82, 2.24) is 20.0 Å². The molecule has 290 valence electrons. The Balaban J connectivity index is 2.23. The normalized spacial score (nSPS) is 19.7. The number of ether oxygens (including phenoxy) is 2. The van der Waals surface area contributed by atoms with Gasteiger partial charge in [-0.2, -0.15) is 0 Å². The summed E-state index contributed by atoms with van der Waals surface area (Å²) in [5.74, 6) is -1.06. The minimum Gasteiger partial charge on any atom is -0.379 e. The number of nitrogens with one attached hydrogen (secondary N) is 1. The quantitative estimate of drug-likeness (QED) is 0.180. The zero-order valence-electron chi connectivity index (χ0n) is 34.0. The van der Waals surface area contributed by atoms with E-state index < -0.39 is 24.0 Å². The van der Waals surface area contributed by atoms with Crippen LogP contribution in [0.2, 0.25) is 0 Å². The number of likely N-dealkylation sites (N-methyl/N-ethyl adjacent to an activating group) is 2. The lowest BCUT2D eigenvalue weighted by Gasteiger charge is -2.41. The van der Waals surface area contributed by atoms with E-state index >= 15 is 0 Å². The van der Waals surface area contributed by atoms with Gasteiger partial charge in [-0.3, -0.25) is 24.1 Å². The highest BCUT2D eigenvalue weighted by atomic mass is 16.5. The van der Waals surface area contributed by atoms with Crippen LogP contribution in [-0.4, -0.2) is 116 Å². The minimum absolute atomic E-state index is 0.0353. The number of Topliss-reactive ketones (excluding diaryl/α,β-unsaturated/α-hetero) is 1. The zero-order valence-corrected chi connectivity index (χ0v) is 34.0. The SMILES string of the molecule is CCC(C)C(C(CC(=O)N1CCCC1C(OC)C(C)C(=O)NC(C)Cc1ccccc1)OC)N(C)C(=O)C(CC(=O)C(C(C)C)N(C)C)C(C)C. The molecule has 1 aliphatic rings. The molecule has 1 fully saturated rings. The summed E-state index contributed by atoms with van der Waals surface area (Å²) in [6.07, 6.45) is 2.28. The molecule has 1 saturated heterocycles. The number of likely N-dealkylation sites (tertiary alicyclic amines) is 1. The molecule has 0 bridgehead atoms. The summed E-state index contributed by atoms with van der Waals surface area (Å²) in [6.45, 7) is 16.6. The van der Waals surface area contributed by atoms with E-state index in [0.29, 0.717) is 6.54 Å². The van der Waals surface area contributed by atoms with Crippen LogP contribution < -0.4 is 5.32 Å². The Hall–Kier alpha value is -2.82. The third-order valence-electron chi connectivity index (χ3n) is 11.1. The Morgan fingerprint density at radius 1 is 0.902 bits per heavy atom. The number of nitrogens with zero attached hydrogens (tertiary/aromatic N) is 3. The molecule has 1 aromatic rings. The van der Waals surface area contributed by atoms with Gasteiger partial charge in [0.1, 0.15) is 0 Å². The second kappa shape index (κ2) is 21.0. The maximum atomic E-state index is 14.3. The molecule has 1 heterocycles. The minimum atomic E-state index is -0.558. The number of amides is 3. The van der Waals surface area contributed by atoms with Crippen molar-refractivity contribution in [1.29, 1.82) is 0 Å². The molecule has 1 N–H and O–H groups in total. The van der Waals surface area contributed by atoms with E-state index in [-0.39, 0.29) is 78.3 Å². The molecule has 9 atom stereocenters. The Morgan fingerprint density at radius 2 is 1.53 bits per heavy atom. The van der Waals surface area contributed by atoms with Crippen molar-refractivity contribution in [2.45, 2.75) is 130 Å². The van der Waals surface area contributed by atoms with Gasteiger partial charge in [-0.05, 0) is 63.6 Å². The van der Waals surface area contributed by atoms with Crippen LogP contribution >= 0.6 is 0 Å². The van der Waals surface area contributed by atoms with Gasteiger partial charge in [-0.15, -0.1) is 0 Å². The van der Waals surface area contributed by atoms with Crippen LogP contribution in [0, 0.1) is 29.6 Å². The van der Waals surface area contributed by atoms with E-state index in [4.69, 9.17) is 9.47 Å². The lowest BCUT2D eigenvalue weighted by Crippen LogP contribution is -2.54. The van der Waals surface area contributed by atoms with Gasteiger partial charge in [0.15, 0.2) is 5.78 Å². The molecule has 10 heteroatoms. The van der Waals surface area contributed by atoms with E-state index in [1.165, 1.54) is 0 Å². The maximum absolute atomic E-state index is 14.3. The fourth-order valence-electron chi connectivity index (χ4n) is 8.16. The summed E-state index contributed by atoms with van der Waals surface area (Å²) >= 11 is 0. The van der Waals surface area contributed by atoms with Gasteiger partial charge >= 0.3 is 0 Å². The van der Waals surface area contributed by atoms with Crippen LogP contribution in [-0.2, 0) is 35.1 Å².